The van der Waals surface area contributed by atoms with Crippen LogP contribution >= 0.6 is 0 Å². The standard InChI is InChI=1S/C17H27N3O/c1-14-7-9-16(10-8-14)19-17(21)18-11-5-13-20-12-4-3-6-15(20)2/h7-10,15H,3-6,11-13H2,1-2H3,(H2,18,19,21). The van der Waals surface area contributed by atoms with E-state index in [1.807, 2.05) is 31.2 Å². The van der Waals surface area contributed by atoms with E-state index in [0.29, 0.717) is 6.04 Å². The zero-order chi connectivity index (χ0) is 15.1. The van der Waals surface area contributed by atoms with Gasteiger partial charge in [-0.2, -0.15) is 0 Å². The first-order valence-corrected chi connectivity index (χ1v) is 8.01. The van der Waals surface area contributed by atoms with Crippen LogP contribution in [-0.4, -0.2) is 36.6 Å². The van der Waals surface area contributed by atoms with E-state index in [2.05, 4.69) is 22.5 Å². The molecule has 4 nitrogen and oxygen atoms in total. The number of carbonyl (C=O) groups excluding carboxylic acids is 1. The van der Waals surface area contributed by atoms with Gasteiger partial charge < -0.3 is 15.5 Å². The Morgan fingerprint density at radius 1 is 1.29 bits per heavy atom. The maximum atomic E-state index is 11.8. The minimum atomic E-state index is -0.120. The molecule has 2 N–H and O–H groups in total. The van der Waals surface area contributed by atoms with Crippen molar-refractivity contribution >= 4 is 11.7 Å². The summed E-state index contributed by atoms with van der Waals surface area (Å²) in [5.74, 6) is 0. The van der Waals surface area contributed by atoms with Gasteiger partial charge in [-0.15, -0.1) is 0 Å². The number of benzene rings is 1. The third kappa shape index (κ3) is 5.38. The van der Waals surface area contributed by atoms with E-state index >= 15 is 0 Å². The lowest BCUT2D eigenvalue weighted by Crippen LogP contribution is -2.39. The highest BCUT2D eigenvalue weighted by Crippen LogP contribution is 2.16. The second kappa shape index (κ2) is 8.03. The van der Waals surface area contributed by atoms with E-state index in [1.54, 1.807) is 0 Å². The Labute approximate surface area is 127 Å². The molecule has 1 aliphatic rings. The molecule has 1 fully saturated rings. The van der Waals surface area contributed by atoms with Gasteiger partial charge in [-0.1, -0.05) is 24.1 Å². The lowest BCUT2D eigenvalue weighted by Gasteiger charge is -2.33. The maximum Gasteiger partial charge on any atom is 0.319 e. The van der Waals surface area contributed by atoms with Crippen molar-refractivity contribution in [3.8, 4) is 0 Å². The van der Waals surface area contributed by atoms with Crippen molar-refractivity contribution in [3.05, 3.63) is 29.8 Å². The summed E-state index contributed by atoms with van der Waals surface area (Å²) < 4.78 is 0. The van der Waals surface area contributed by atoms with Crippen LogP contribution in [0.5, 0.6) is 0 Å². The summed E-state index contributed by atoms with van der Waals surface area (Å²) in [5.41, 5.74) is 2.03. The first-order chi connectivity index (χ1) is 10.1. The fourth-order valence-electron chi connectivity index (χ4n) is 2.79. The summed E-state index contributed by atoms with van der Waals surface area (Å²) in [6, 6.07) is 8.40. The van der Waals surface area contributed by atoms with Crippen molar-refractivity contribution in [3.63, 3.8) is 0 Å². The largest absolute Gasteiger partial charge is 0.338 e. The van der Waals surface area contributed by atoms with E-state index < -0.39 is 0 Å². The van der Waals surface area contributed by atoms with E-state index in [4.69, 9.17) is 0 Å². The molecule has 116 valence electrons. The lowest BCUT2D eigenvalue weighted by molar-refractivity contribution is 0.159. The Balaban J connectivity index is 1.61. The molecule has 2 rings (SSSR count). The second-order valence-electron chi connectivity index (χ2n) is 5.98. The molecule has 0 bridgehead atoms. The van der Waals surface area contributed by atoms with Crippen molar-refractivity contribution < 1.29 is 4.79 Å². The van der Waals surface area contributed by atoms with Crippen LogP contribution in [0.1, 0.15) is 38.2 Å². The third-order valence-electron chi connectivity index (χ3n) is 4.16. The number of aryl methyl sites for hydroxylation is 1. The number of likely N-dealkylation sites (tertiary alicyclic amines) is 1. The number of urea groups is 1. The Morgan fingerprint density at radius 2 is 2.05 bits per heavy atom. The first-order valence-electron chi connectivity index (χ1n) is 8.01. The first kappa shape index (κ1) is 15.8. The lowest BCUT2D eigenvalue weighted by atomic mass is 10.0. The molecule has 0 aliphatic carbocycles. The van der Waals surface area contributed by atoms with Crippen molar-refractivity contribution in [2.75, 3.05) is 25.0 Å². The number of nitrogens with zero attached hydrogens (tertiary/aromatic N) is 1. The van der Waals surface area contributed by atoms with Crippen LogP contribution in [0.25, 0.3) is 0 Å². The SMILES string of the molecule is Cc1ccc(NC(=O)NCCCN2CCCCC2C)cc1. The van der Waals surface area contributed by atoms with E-state index in [-0.39, 0.29) is 6.03 Å². The van der Waals surface area contributed by atoms with Gasteiger partial charge in [-0.3, -0.25) is 0 Å². The van der Waals surface area contributed by atoms with Crippen molar-refractivity contribution in [2.45, 2.75) is 45.6 Å². The van der Waals surface area contributed by atoms with E-state index in [0.717, 1.165) is 25.2 Å². The van der Waals surface area contributed by atoms with Gasteiger partial charge in [0.05, 0.1) is 0 Å². The normalized spacial score (nSPS) is 19.2. The minimum absolute atomic E-state index is 0.120. The number of hydrogen-bond donors (Lipinski definition) is 2. The predicted octanol–water partition coefficient (Wildman–Crippen LogP) is 3.38. The van der Waals surface area contributed by atoms with Crippen LogP contribution in [0.3, 0.4) is 0 Å². The zero-order valence-electron chi connectivity index (χ0n) is 13.2. The zero-order valence-corrected chi connectivity index (χ0v) is 13.2. The molecule has 1 aliphatic heterocycles. The second-order valence-corrected chi connectivity index (χ2v) is 5.98. The van der Waals surface area contributed by atoms with Crippen molar-refractivity contribution in [1.82, 2.24) is 10.2 Å². The minimum Gasteiger partial charge on any atom is -0.338 e. The third-order valence-corrected chi connectivity index (χ3v) is 4.16. The fourth-order valence-corrected chi connectivity index (χ4v) is 2.79. The molecule has 1 aromatic rings. The molecule has 0 saturated carbocycles. The monoisotopic (exact) mass is 289 g/mol. The molecule has 21 heavy (non-hydrogen) atoms. The number of hydrogen-bond acceptors (Lipinski definition) is 2. The van der Waals surface area contributed by atoms with E-state index in [9.17, 15) is 4.79 Å². The molecule has 0 radical (unpaired) electrons. The van der Waals surface area contributed by atoms with Crippen LogP contribution in [0.4, 0.5) is 10.5 Å². The van der Waals surface area contributed by atoms with Crippen LogP contribution in [0, 0.1) is 6.92 Å². The number of rotatable bonds is 5. The summed E-state index contributed by atoms with van der Waals surface area (Å²) in [7, 11) is 0. The quantitative estimate of drug-likeness (QED) is 0.816. The van der Waals surface area contributed by atoms with Gasteiger partial charge in [0, 0.05) is 24.8 Å². The predicted molar refractivity (Wildman–Crippen MR) is 87.7 cm³/mol. The Hall–Kier alpha value is -1.55. The van der Waals surface area contributed by atoms with Gasteiger partial charge in [0.15, 0.2) is 0 Å². The Bertz CT molecular complexity index is 444. The van der Waals surface area contributed by atoms with Gasteiger partial charge in [0.25, 0.3) is 0 Å². The molecule has 1 saturated heterocycles. The Morgan fingerprint density at radius 3 is 2.76 bits per heavy atom. The van der Waals surface area contributed by atoms with E-state index in [1.165, 1.54) is 31.4 Å². The van der Waals surface area contributed by atoms with Crippen molar-refractivity contribution in [1.29, 1.82) is 0 Å². The van der Waals surface area contributed by atoms with Crippen molar-refractivity contribution in [2.24, 2.45) is 0 Å². The van der Waals surface area contributed by atoms with Crippen LogP contribution < -0.4 is 10.6 Å². The summed E-state index contributed by atoms with van der Waals surface area (Å²) >= 11 is 0. The van der Waals surface area contributed by atoms with Crippen LogP contribution in [-0.2, 0) is 0 Å². The van der Waals surface area contributed by atoms with Gasteiger partial charge in [-0.05, 0) is 51.8 Å². The maximum absolute atomic E-state index is 11.8. The molecular formula is C17H27N3O. The smallest absolute Gasteiger partial charge is 0.319 e. The molecule has 1 unspecified atom stereocenters. The highest BCUT2D eigenvalue weighted by molar-refractivity contribution is 5.89. The highest BCUT2D eigenvalue weighted by Gasteiger charge is 2.17. The van der Waals surface area contributed by atoms with Gasteiger partial charge in [0.2, 0.25) is 0 Å². The average molecular weight is 289 g/mol. The molecule has 4 heteroatoms. The number of nitrogens with one attached hydrogen (secondary N) is 2. The Kier molecular flexibility index (Phi) is 6.05. The molecule has 0 aromatic heterocycles. The summed E-state index contributed by atoms with van der Waals surface area (Å²) in [4.78, 5) is 14.3. The fraction of sp³-hybridized carbons (Fsp3) is 0.588. The summed E-state index contributed by atoms with van der Waals surface area (Å²) in [5, 5.41) is 5.78. The number of anilines is 1. The summed E-state index contributed by atoms with van der Waals surface area (Å²) in [6.45, 7) is 7.34. The van der Waals surface area contributed by atoms with Gasteiger partial charge in [0.1, 0.15) is 0 Å². The number of amides is 2. The molecule has 1 heterocycles. The molecule has 0 spiro atoms. The molecule has 2 amide bonds. The molecular weight excluding hydrogens is 262 g/mol. The molecule has 1 aromatic carbocycles. The number of piperidine rings is 1. The van der Waals surface area contributed by atoms with Crippen LogP contribution in [0.15, 0.2) is 24.3 Å². The average Bonchev–Trinajstić information content (AvgIpc) is 2.48. The number of carbonyl (C=O) groups is 1. The summed E-state index contributed by atoms with van der Waals surface area (Å²) in [6.07, 6.45) is 4.98. The van der Waals surface area contributed by atoms with Gasteiger partial charge >= 0.3 is 6.03 Å². The van der Waals surface area contributed by atoms with Gasteiger partial charge in [-0.25, -0.2) is 4.79 Å². The highest BCUT2D eigenvalue weighted by atomic mass is 16.2. The molecule has 1 atom stereocenters. The topological polar surface area (TPSA) is 44.4 Å². The van der Waals surface area contributed by atoms with Crippen LogP contribution in [0.2, 0.25) is 0 Å².